The number of hydrogen-bond acceptors (Lipinski definition) is 4. The Balaban J connectivity index is 2.25. The predicted molar refractivity (Wildman–Crippen MR) is 73.9 cm³/mol. The van der Waals surface area contributed by atoms with E-state index in [0.29, 0.717) is 0 Å². The van der Waals surface area contributed by atoms with Crippen molar-refractivity contribution in [1.29, 1.82) is 5.26 Å². The molecule has 1 aromatic carbocycles. The second-order valence-corrected chi connectivity index (χ2v) is 5.49. The lowest BCUT2D eigenvalue weighted by Gasteiger charge is -2.35. The molecule has 4 nitrogen and oxygen atoms in total. The van der Waals surface area contributed by atoms with E-state index in [4.69, 9.17) is 5.26 Å². The fraction of sp³-hybridized carbons (Fsp3) is 0.308. The third-order valence-electron chi connectivity index (χ3n) is 3.51. The molecule has 1 aliphatic rings. The molecule has 1 atom stereocenters. The summed E-state index contributed by atoms with van der Waals surface area (Å²) >= 11 is 1.51. The number of aromatic amines is 1. The largest absolute Gasteiger partial charge is 0.354 e. The lowest BCUT2D eigenvalue weighted by Crippen LogP contribution is -2.53. The van der Waals surface area contributed by atoms with E-state index in [-0.39, 0.29) is 5.82 Å². The molecule has 3 N–H and O–H groups in total. The van der Waals surface area contributed by atoms with Gasteiger partial charge < -0.3 is 4.98 Å². The molecule has 1 aliphatic heterocycles. The average Bonchev–Trinajstić information content (AvgIpc) is 2.78. The van der Waals surface area contributed by atoms with Gasteiger partial charge in [0.15, 0.2) is 11.2 Å². The van der Waals surface area contributed by atoms with Gasteiger partial charge in [0, 0.05) is 17.4 Å². The van der Waals surface area contributed by atoms with Gasteiger partial charge in [0.25, 0.3) is 0 Å². The van der Waals surface area contributed by atoms with Crippen LogP contribution in [0.4, 0.5) is 4.39 Å². The molecule has 3 rings (SSSR count). The van der Waals surface area contributed by atoms with Crippen LogP contribution in [-0.2, 0) is 11.4 Å². The van der Waals surface area contributed by atoms with E-state index in [1.54, 1.807) is 12.1 Å². The van der Waals surface area contributed by atoms with E-state index < -0.39 is 4.99 Å². The fourth-order valence-electron chi connectivity index (χ4n) is 2.64. The van der Waals surface area contributed by atoms with E-state index >= 15 is 0 Å². The monoisotopic (exact) mass is 276 g/mol. The maximum Gasteiger partial charge on any atom is 0.187 e. The van der Waals surface area contributed by atoms with Crippen molar-refractivity contribution in [3.8, 4) is 6.19 Å². The minimum absolute atomic E-state index is 0.240. The minimum Gasteiger partial charge on any atom is -0.354 e. The molecule has 0 spiro atoms. The van der Waals surface area contributed by atoms with Gasteiger partial charge in [-0.15, -0.1) is 11.8 Å². The molecule has 19 heavy (non-hydrogen) atoms. The van der Waals surface area contributed by atoms with E-state index in [1.165, 1.54) is 17.8 Å². The van der Waals surface area contributed by atoms with Crippen molar-refractivity contribution < 1.29 is 4.39 Å². The summed E-state index contributed by atoms with van der Waals surface area (Å²) in [4.78, 5) is 2.65. The van der Waals surface area contributed by atoms with Gasteiger partial charge in [0.05, 0.1) is 5.69 Å². The Bertz CT molecular complexity index is 675. The number of rotatable bonds is 2. The van der Waals surface area contributed by atoms with Crippen LogP contribution in [0.15, 0.2) is 18.2 Å². The first kappa shape index (κ1) is 12.3. The molecule has 0 aliphatic carbocycles. The molecule has 0 bridgehead atoms. The number of thioether (sulfide) groups is 1. The Morgan fingerprint density at radius 3 is 3.11 bits per heavy atom. The number of aromatic nitrogens is 1. The lowest BCUT2D eigenvalue weighted by atomic mass is 10.0. The summed E-state index contributed by atoms with van der Waals surface area (Å²) in [6, 6.07) is 4.73. The first-order valence-electron chi connectivity index (χ1n) is 5.97. The van der Waals surface area contributed by atoms with Crippen LogP contribution in [0.5, 0.6) is 0 Å². The van der Waals surface area contributed by atoms with Gasteiger partial charge in [0.2, 0.25) is 0 Å². The second kappa shape index (κ2) is 4.44. The van der Waals surface area contributed by atoms with Gasteiger partial charge in [-0.05, 0) is 36.4 Å². The van der Waals surface area contributed by atoms with Crippen LogP contribution in [0.25, 0.3) is 10.9 Å². The molecule has 0 saturated heterocycles. The minimum atomic E-state index is -0.655. The number of H-pyrrole nitrogens is 1. The zero-order valence-corrected chi connectivity index (χ0v) is 11.2. The molecular weight excluding hydrogens is 263 g/mol. The molecule has 0 unspecified atom stereocenters. The van der Waals surface area contributed by atoms with Crippen LogP contribution < -0.4 is 10.6 Å². The smallest absolute Gasteiger partial charge is 0.187 e. The third-order valence-corrected chi connectivity index (χ3v) is 4.57. The summed E-state index contributed by atoms with van der Waals surface area (Å²) in [7, 11) is 0. The maximum absolute atomic E-state index is 13.4. The summed E-state index contributed by atoms with van der Waals surface area (Å²) in [5.74, 6) is -0.240. The quantitative estimate of drug-likeness (QED) is 0.446. The number of fused-ring (bicyclic) bond motifs is 3. The molecule has 0 radical (unpaired) electrons. The van der Waals surface area contributed by atoms with Crippen LogP contribution in [0, 0.1) is 17.3 Å². The first-order chi connectivity index (χ1) is 9.20. The van der Waals surface area contributed by atoms with Crippen molar-refractivity contribution in [3.05, 3.63) is 35.3 Å². The number of hydrogen-bond donors (Lipinski definition) is 3. The maximum atomic E-state index is 13.4. The highest BCUT2D eigenvalue weighted by Crippen LogP contribution is 2.37. The van der Waals surface area contributed by atoms with E-state index in [2.05, 4.69) is 15.6 Å². The molecule has 6 heteroatoms. The Morgan fingerprint density at radius 2 is 2.37 bits per heavy atom. The van der Waals surface area contributed by atoms with Crippen LogP contribution in [0.1, 0.15) is 11.3 Å². The summed E-state index contributed by atoms with van der Waals surface area (Å²) in [6.45, 7) is 0.742. The Labute approximate surface area is 114 Å². The third kappa shape index (κ3) is 1.78. The molecule has 1 aromatic heterocycles. The van der Waals surface area contributed by atoms with Gasteiger partial charge in [-0.1, -0.05) is 0 Å². The first-order valence-corrected chi connectivity index (χ1v) is 7.19. The van der Waals surface area contributed by atoms with Crippen molar-refractivity contribution in [3.63, 3.8) is 0 Å². The van der Waals surface area contributed by atoms with Gasteiger partial charge in [-0.25, -0.2) is 4.39 Å². The lowest BCUT2D eigenvalue weighted by molar-refractivity contribution is 0.416. The normalized spacial score (nSPS) is 21.9. The highest BCUT2D eigenvalue weighted by Gasteiger charge is 2.38. The van der Waals surface area contributed by atoms with Crippen LogP contribution in [0.3, 0.4) is 0 Å². The SMILES string of the molecule is CS[C@]1(NC#N)NCCc2c1[nH]c1ccc(F)cc21. The standard InChI is InChI=1S/C13H13FN4S/c1-19-13(17-7-15)12-9(4-5-16-13)10-6-8(14)2-3-11(10)18-12/h2-3,6,16-18H,4-5H2,1H3/t13-/m0/s1. The van der Waals surface area contributed by atoms with Crippen molar-refractivity contribution in [2.75, 3.05) is 12.8 Å². The number of nitriles is 1. The van der Waals surface area contributed by atoms with E-state index in [0.717, 1.165) is 35.1 Å². The number of nitrogens with one attached hydrogen (secondary N) is 3. The summed E-state index contributed by atoms with van der Waals surface area (Å²) < 4.78 is 13.4. The Hall–Kier alpha value is -1.71. The topological polar surface area (TPSA) is 63.6 Å². The summed E-state index contributed by atoms with van der Waals surface area (Å²) in [5, 5.41) is 16.0. The molecular formula is C13H13FN4S. The van der Waals surface area contributed by atoms with Gasteiger partial charge >= 0.3 is 0 Å². The van der Waals surface area contributed by atoms with Crippen molar-refractivity contribution in [2.24, 2.45) is 0 Å². The van der Waals surface area contributed by atoms with Gasteiger partial charge in [-0.3, -0.25) is 10.6 Å². The molecule has 0 saturated carbocycles. The zero-order chi connectivity index (χ0) is 13.5. The van der Waals surface area contributed by atoms with Crippen molar-refractivity contribution in [1.82, 2.24) is 15.6 Å². The van der Waals surface area contributed by atoms with Gasteiger partial charge in [-0.2, -0.15) is 5.26 Å². The average molecular weight is 276 g/mol. The van der Waals surface area contributed by atoms with E-state index in [9.17, 15) is 4.39 Å². The fourth-order valence-corrected chi connectivity index (χ4v) is 3.42. The molecule has 98 valence electrons. The number of nitrogens with zero attached hydrogens (tertiary/aromatic N) is 1. The predicted octanol–water partition coefficient (Wildman–Crippen LogP) is 2.00. The molecule has 2 aromatic rings. The number of benzene rings is 1. The van der Waals surface area contributed by atoms with Crippen LogP contribution in [0.2, 0.25) is 0 Å². The molecule has 0 fully saturated rings. The van der Waals surface area contributed by atoms with Crippen molar-refractivity contribution in [2.45, 2.75) is 11.4 Å². The molecule has 0 amide bonds. The number of halogens is 1. The Kier molecular flexibility index (Phi) is 2.88. The zero-order valence-electron chi connectivity index (χ0n) is 10.4. The van der Waals surface area contributed by atoms with Gasteiger partial charge in [0.1, 0.15) is 5.82 Å². The summed E-state index contributed by atoms with van der Waals surface area (Å²) in [6.07, 6.45) is 4.74. The highest BCUT2D eigenvalue weighted by molar-refractivity contribution is 7.99. The van der Waals surface area contributed by atoms with Crippen LogP contribution >= 0.6 is 11.8 Å². The summed E-state index contributed by atoms with van der Waals surface area (Å²) in [5.41, 5.74) is 2.88. The Morgan fingerprint density at radius 1 is 1.53 bits per heavy atom. The van der Waals surface area contributed by atoms with E-state index in [1.807, 2.05) is 12.4 Å². The van der Waals surface area contributed by atoms with Crippen molar-refractivity contribution >= 4 is 22.7 Å². The highest BCUT2D eigenvalue weighted by atomic mass is 32.2. The second-order valence-electron chi connectivity index (χ2n) is 4.47. The van der Waals surface area contributed by atoms with Crippen LogP contribution in [-0.4, -0.2) is 17.8 Å². The molecule has 2 heterocycles.